The van der Waals surface area contributed by atoms with Crippen LogP contribution in [0.1, 0.15) is 12.8 Å². The van der Waals surface area contributed by atoms with Crippen molar-refractivity contribution in [3.05, 3.63) is 0 Å². The van der Waals surface area contributed by atoms with Crippen molar-refractivity contribution in [1.82, 2.24) is 0 Å². The standard InChI is InChI=1S/C7H18O2S2Si/c1-8-12(3,9-2)7(11)5-4-6-10/h7,10-11H,4-6H2,1-3H3. The number of thiol groups is 2. The van der Waals surface area contributed by atoms with Crippen molar-refractivity contribution in [3.63, 3.8) is 0 Å². The van der Waals surface area contributed by atoms with Gasteiger partial charge in [-0.1, -0.05) is 0 Å². The van der Waals surface area contributed by atoms with Crippen molar-refractivity contribution >= 4 is 33.8 Å². The van der Waals surface area contributed by atoms with E-state index in [0.29, 0.717) is 0 Å². The minimum absolute atomic E-state index is 0.236. The summed E-state index contributed by atoms with van der Waals surface area (Å²) >= 11 is 8.63. The molecular formula is C7H18O2S2Si. The molecule has 0 fully saturated rings. The summed E-state index contributed by atoms with van der Waals surface area (Å²) in [6.07, 6.45) is 2.07. The van der Waals surface area contributed by atoms with Crippen molar-refractivity contribution in [1.29, 1.82) is 0 Å². The number of hydrogen-bond donors (Lipinski definition) is 2. The summed E-state index contributed by atoms with van der Waals surface area (Å²) in [5.74, 6) is 0.898. The van der Waals surface area contributed by atoms with Crippen LogP contribution in [0.15, 0.2) is 0 Å². The minimum Gasteiger partial charge on any atom is -0.397 e. The van der Waals surface area contributed by atoms with E-state index in [-0.39, 0.29) is 4.87 Å². The van der Waals surface area contributed by atoms with E-state index >= 15 is 0 Å². The Labute approximate surface area is 87.1 Å². The van der Waals surface area contributed by atoms with Gasteiger partial charge in [0.2, 0.25) is 0 Å². The predicted molar refractivity (Wildman–Crippen MR) is 61.5 cm³/mol. The van der Waals surface area contributed by atoms with E-state index in [0.717, 1.165) is 18.6 Å². The predicted octanol–water partition coefficient (Wildman–Crippen LogP) is 1.90. The van der Waals surface area contributed by atoms with Crippen molar-refractivity contribution in [2.75, 3.05) is 20.0 Å². The Hall–Kier alpha value is 0.837. The number of rotatable bonds is 6. The third kappa shape index (κ3) is 3.70. The van der Waals surface area contributed by atoms with E-state index < -0.39 is 8.56 Å². The molecule has 74 valence electrons. The van der Waals surface area contributed by atoms with Gasteiger partial charge in [-0.25, -0.2) is 0 Å². The van der Waals surface area contributed by atoms with Crippen LogP contribution in [0.5, 0.6) is 0 Å². The van der Waals surface area contributed by atoms with Crippen LogP contribution in [0.2, 0.25) is 6.55 Å². The van der Waals surface area contributed by atoms with Gasteiger partial charge in [0.1, 0.15) is 0 Å². The highest BCUT2D eigenvalue weighted by atomic mass is 32.1. The van der Waals surface area contributed by atoms with E-state index in [1.807, 2.05) is 6.55 Å². The zero-order valence-electron chi connectivity index (χ0n) is 7.91. The third-order valence-corrected chi connectivity index (χ3v) is 7.15. The summed E-state index contributed by atoms with van der Waals surface area (Å²) in [4.78, 5) is 0.236. The van der Waals surface area contributed by atoms with E-state index in [2.05, 4.69) is 25.3 Å². The van der Waals surface area contributed by atoms with Crippen LogP contribution in [0, 0.1) is 0 Å². The number of hydrogen-bond acceptors (Lipinski definition) is 4. The Morgan fingerprint density at radius 1 is 1.33 bits per heavy atom. The highest BCUT2D eigenvalue weighted by Gasteiger charge is 2.36. The molecule has 0 bridgehead atoms. The van der Waals surface area contributed by atoms with Crippen molar-refractivity contribution in [2.24, 2.45) is 0 Å². The average Bonchev–Trinajstić information content (AvgIpc) is 2.12. The first-order valence-corrected chi connectivity index (χ1v) is 7.54. The second kappa shape index (κ2) is 6.31. The lowest BCUT2D eigenvalue weighted by molar-refractivity contribution is 0.246. The Bertz CT molecular complexity index is 120. The van der Waals surface area contributed by atoms with Crippen LogP contribution in [0.4, 0.5) is 0 Å². The molecule has 0 N–H and O–H groups in total. The summed E-state index contributed by atoms with van der Waals surface area (Å²) < 4.78 is 10.7. The van der Waals surface area contributed by atoms with Crippen LogP contribution in [-0.4, -0.2) is 33.4 Å². The topological polar surface area (TPSA) is 18.5 Å². The van der Waals surface area contributed by atoms with Crippen LogP contribution < -0.4 is 0 Å². The van der Waals surface area contributed by atoms with Crippen molar-refractivity contribution in [2.45, 2.75) is 24.3 Å². The van der Waals surface area contributed by atoms with Crippen molar-refractivity contribution < 1.29 is 8.85 Å². The molecule has 1 atom stereocenters. The lowest BCUT2D eigenvalue weighted by atomic mass is 10.4. The Balaban J connectivity index is 3.93. The molecule has 0 aromatic heterocycles. The van der Waals surface area contributed by atoms with Crippen LogP contribution >= 0.6 is 25.3 Å². The quantitative estimate of drug-likeness (QED) is 0.532. The maximum atomic E-state index is 5.36. The van der Waals surface area contributed by atoms with Crippen LogP contribution in [0.25, 0.3) is 0 Å². The largest absolute Gasteiger partial charge is 0.397 e. The molecule has 0 aliphatic heterocycles. The second-order valence-electron chi connectivity index (χ2n) is 2.81. The molecule has 0 heterocycles. The molecule has 0 rings (SSSR count). The van der Waals surface area contributed by atoms with Gasteiger partial charge in [-0.2, -0.15) is 25.3 Å². The van der Waals surface area contributed by atoms with Gasteiger partial charge in [0, 0.05) is 19.1 Å². The van der Waals surface area contributed by atoms with Crippen molar-refractivity contribution in [3.8, 4) is 0 Å². The Morgan fingerprint density at radius 2 is 1.83 bits per heavy atom. The molecule has 0 spiro atoms. The molecule has 12 heavy (non-hydrogen) atoms. The smallest absolute Gasteiger partial charge is 0.347 e. The molecule has 0 radical (unpaired) electrons. The maximum Gasteiger partial charge on any atom is 0.347 e. The van der Waals surface area contributed by atoms with E-state index in [9.17, 15) is 0 Å². The van der Waals surface area contributed by atoms with Gasteiger partial charge in [-0.05, 0) is 25.1 Å². The third-order valence-electron chi connectivity index (χ3n) is 2.05. The highest BCUT2D eigenvalue weighted by molar-refractivity contribution is 7.83. The summed E-state index contributed by atoms with van der Waals surface area (Å²) in [6.45, 7) is 2.03. The summed E-state index contributed by atoms with van der Waals surface area (Å²) in [7, 11) is 1.38. The average molecular weight is 226 g/mol. The molecule has 0 aliphatic rings. The molecule has 2 nitrogen and oxygen atoms in total. The molecule has 0 aromatic rings. The fourth-order valence-electron chi connectivity index (χ4n) is 0.902. The van der Waals surface area contributed by atoms with E-state index in [1.54, 1.807) is 14.2 Å². The van der Waals surface area contributed by atoms with Gasteiger partial charge in [0.15, 0.2) is 0 Å². The van der Waals surface area contributed by atoms with Gasteiger partial charge in [-0.15, -0.1) is 0 Å². The lowest BCUT2D eigenvalue weighted by Crippen LogP contribution is -2.46. The SMILES string of the molecule is CO[Si](C)(OC)C(S)CCCS. The Morgan fingerprint density at radius 3 is 2.17 bits per heavy atom. The summed E-state index contributed by atoms with van der Waals surface area (Å²) in [6, 6.07) is 0. The molecular weight excluding hydrogens is 208 g/mol. The minimum atomic E-state index is -2.01. The van der Waals surface area contributed by atoms with E-state index in [1.165, 1.54) is 0 Å². The summed E-state index contributed by atoms with van der Waals surface area (Å²) in [5.41, 5.74) is 0. The normalized spacial score (nSPS) is 14.8. The van der Waals surface area contributed by atoms with E-state index in [4.69, 9.17) is 8.85 Å². The van der Waals surface area contributed by atoms with Gasteiger partial charge in [0.25, 0.3) is 0 Å². The van der Waals surface area contributed by atoms with Gasteiger partial charge in [0.05, 0.1) is 0 Å². The molecule has 0 amide bonds. The van der Waals surface area contributed by atoms with Crippen LogP contribution in [0.3, 0.4) is 0 Å². The fourth-order valence-corrected chi connectivity index (χ4v) is 3.34. The molecule has 0 saturated carbocycles. The van der Waals surface area contributed by atoms with Gasteiger partial charge in [-0.3, -0.25) is 0 Å². The molecule has 0 saturated heterocycles. The van der Waals surface area contributed by atoms with Gasteiger partial charge >= 0.3 is 8.56 Å². The molecule has 0 aliphatic carbocycles. The summed E-state index contributed by atoms with van der Waals surface area (Å²) in [5, 5.41) is 0. The molecule has 0 aromatic carbocycles. The first kappa shape index (κ1) is 12.8. The maximum absolute atomic E-state index is 5.36. The first-order valence-electron chi connectivity index (χ1n) is 4.00. The Kier molecular flexibility index (Phi) is 6.76. The second-order valence-corrected chi connectivity index (χ2v) is 7.91. The lowest BCUT2D eigenvalue weighted by Gasteiger charge is -2.28. The zero-order valence-corrected chi connectivity index (χ0v) is 10.7. The van der Waals surface area contributed by atoms with Crippen LogP contribution in [-0.2, 0) is 8.85 Å². The molecule has 5 heteroatoms. The fraction of sp³-hybridized carbons (Fsp3) is 1.00. The van der Waals surface area contributed by atoms with Gasteiger partial charge < -0.3 is 8.85 Å². The zero-order chi connectivity index (χ0) is 9.61. The molecule has 1 unspecified atom stereocenters. The first-order chi connectivity index (χ1) is 5.60. The monoisotopic (exact) mass is 226 g/mol. The highest BCUT2D eigenvalue weighted by Crippen LogP contribution is 2.20.